The van der Waals surface area contributed by atoms with Crippen LogP contribution in [0.5, 0.6) is 0 Å². The summed E-state index contributed by atoms with van der Waals surface area (Å²) >= 11 is 0. The van der Waals surface area contributed by atoms with Crippen LogP contribution >= 0.6 is 0 Å². The summed E-state index contributed by atoms with van der Waals surface area (Å²) in [6.07, 6.45) is 12.7. The largest absolute Gasteiger partial charge is 0.387 e. The van der Waals surface area contributed by atoms with Gasteiger partial charge in [-0.2, -0.15) is 0 Å². The maximum absolute atomic E-state index is 11.5. The maximum Gasteiger partial charge on any atom is 0.228 e. The first-order valence-electron chi connectivity index (χ1n) is 11.0. The Kier molecular flexibility index (Phi) is 6.14. The first-order valence-corrected chi connectivity index (χ1v) is 11.0. The number of amides is 1. The van der Waals surface area contributed by atoms with Gasteiger partial charge >= 0.3 is 0 Å². The number of nitrogens with zero attached hydrogens (tertiary/aromatic N) is 1. The van der Waals surface area contributed by atoms with Crippen molar-refractivity contribution in [2.45, 2.75) is 70.3 Å². The number of hydrogen-bond acceptors (Lipinski definition) is 3. The molecule has 0 aromatic heterocycles. The predicted octanol–water partition coefficient (Wildman–Crippen LogP) is 4.29. The topological polar surface area (TPSA) is 52.6 Å². The highest BCUT2D eigenvalue weighted by Crippen LogP contribution is 2.32. The highest BCUT2D eigenvalue weighted by molar-refractivity contribution is 5.99. The summed E-state index contributed by atoms with van der Waals surface area (Å²) in [6, 6.07) is 5.87. The summed E-state index contributed by atoms with van der Waals surface area (Å²) in [5.41, 5.74) is 2.84. The fourth-order valence-corrected chi connectivity index (χ4v) is 5.21. The number of aliphatic hydroxyl groups excluding tert-OH is 1. The molecule has 1 saturated heterocycles. The fourth-order valence-electron chi connectivity index (χ4n) is 5.21. The van der Waals surface area contributed by atoms with Crippen LogP contribution in [0.2, 0.25) is 0 Å². The zero-order chi connectivity index (χ0) is 18.6. The molecule has 2 aliphatic heterocycles. The average Bonchev–Trinajstić information content (AvgIpc) is 3.07. The van der Waals surface area contributed by atoms with E-state index in [1.807, 2.05) is 18.2 Å². The number of aliphatic hydroxyl groups is 1. The van der Waals surface area contributed by atoms with E-state index in [-0.39, 0.29) is 5.91 Å². The van der Waals surface area contributed by atoms with Crippen molar-refractivity contribution in [1.82, 2.24) is 4.90 Å². The van der Waals surface area contributed by atoms with E-state index in [0.29, 0.717) is 13.0 Å². The molecular weight excluding hydrogens is 336 g/mol. The number of β-amino-alcohol motifs (C(OH)–C–C–N with tert-alkyl or cyclic N) is 1. The van der Waals surface area contributed by atoms with Gasteiger partial charge in [0, 0.05) is 12.2 Å². The molecule has 1 unspecified atom stereocenters. The molecule has 4 heteroatoms. The number of nitrogens with one attached hydrogen (secondary N) is 1. The Labute approximate surface area is 163 Å². The monoisotopic (exact) mass is 370 g/mol. The molecule has 1 saturated carbocycles. The molecule has 1 aliphatic carbocycles. The van der Waals surface area contributed by atoms with Gasteiger partial charge in [-0.25, -0.2) is 0 Å². The van der Waals surface area contributed by atoms with E-state index >= 15 is 0 Å². The summed E-state index contributed by atoms with van der Waals surface area (Å²) in [7, 11) is 0. The Balaban J connectivity index is 1.21. The van der Waals surface area contributed by atoms with Crippen molar-refractivity contribution < 1.29 is 9.90 Å². The molecule has 0 radical (unpaired) electrons. The highest BCUT2D eigenvalue weighted by Gasteiger charge is 2.24. The number of hydrogen-bond donors (Lipinski definition) is 2. The van der Waals surface area contributed by atoms with Crippen LogP contribution in [0.25, 0.3) is 0 Å². The second-order valence-electron chi connectivity index (χ2n) is 8.98. The third-order valence-corrected chi connectivity index (χ3v) is 6.99. The number of likely N-dealkylation sites (tertiary alicyclic amines) is 1. The number of carbonyl (C=O) groups excluding carboxylic acids is 1. The predicted molar refractivity (Wildman–Crippen MR) is 109 cm³/mol. The minimum Gasteiger partial charge on any atom is -0.387 e. The van der Waals surface area contributed by atoms with Gasteiger partial charge in [-0.05, 0) is 55.0 Å². The van der Waals surface area contributed by atoms with Crippen LogP contribution in [0, 0.1) is 11.8 Å². The number of carbonyl (C=O) groups is 1. The lowest BCUT2D eigenvalue weighted by Gasteiger charge is -2.34. The van der Waals surface area contributed by atoms with Crippen molar-refractivity contribution in [3.8, 4) is 0 Å². The lowest BCUT2D eigenvalue weighted by molar-refractivity contribution is -0.115. The van der Waals surface area contributed by atoms with Crippen molar-refractivity contribution in [2.24, 2.45) is 11.8 Å². The van der Waals surface area contributed by atoms with E-state index in [1.165, 1.54) is 57.8 Å². The van der Waals surface area contributed by atoms with Gasteiger partial charge in [-0.15, -0.1) is 0 Å². The fraction of sp³-hybridized carbons (Fsp3) is 0.696. The number of piperidine rings is 1. The third kappa shape index (κ3) is 4.91. The number of anilines is 1. The van der Waals surface area contributed by atoms with Gasteiger partial charge in [-0.3, -0.25) is 4.79 Å². The summed E-state index contributed by atoms with van der Waals surface area (Å²) < 4.78 is 0. The summed E-state index contributed by atoms with van der Waals surface area (Å²) in [5, 5.41) is 13.5. The van der Waals surface area contributed by atoms with Gasteiger partial charge < -0.3 is 15.3 Å². The molecule has 2 fully saturated rings. The first kappa shape index (κ1) is 18.9. The van der Waals surface area contributed by atoms with Crippen LogP contribution in [-0.2, 0) is 11.2 Å². The minimum absolute atomic E-state index is 0.0481. The van der Waals surface area contributed by atoms with Gasteiger partial charge in [0.25, 0.3) is 0 Å². The van der Waals surface area contributed by atoms with Crippen molar-refractivity contribution >= 4 is 11.6 Å². The van der Waals surface area contributed by atoms with Crippen LogP contribution < -0.4 is 5.32 Å². The van der Waals surface area contributed by atoms with Crippen molar-refractivity contribution in [3.63, 3.8) is 0 Å². The van der Waals surface area contributed by atoms with Gasteiger partial charge in [0.05, 0.1) is 12.5 Å². The van der Waals surface area contributed by atoms with Gasteiger partial charge in [-0.1, -0.05) is 57.1 Å². The average molecular weight is 371 g/mol. The van der Waals surface area contributed by atoms with Crippen LogP contribution in [0.1, 0.15) is 75.0 Å². The zero-order valence-corrected chi connectivity index (χ0v) is 16.5. The van der Waals surface area contributed by atoms with E-state index in [4.69, 9.17) is 0 Å². The summed E-state index contributed by atoms with van der Waals surface area (Å²) in [6.45, 7) is 2.92. The van der Waals surface area contributed by atoms with Gasteiger partial charge in [0.2, 0.25) is 5.91 Å². The molecule has 0 bridgehead atoms. The third-order valence-electron chi connectivity index (χ3n) is 6.99. The first-order chi connectivity index (χ1) is 13.2. The van der Waals surface area contributed by atoms with E-state index < -0.39 is 6.10 Å². The minimum atomic E-state index is -0.468. The Bertz CT molecular complexity index is 646. The van der Waals surface area contributed by atoms with Crippen LogP contribution in [0.4, 0.5) is 5.69 Å². The SMILES string of the molecule is O=C1Cc2cc(C(O)CN3CCC(CCC4CCCCC4)CC3)ccc2N1. The second-order valence-corrected chi connectivity index (χ2v) is 8.98. The van der Waals surface area contributed by atoms with E-state index in [2.05, 4.69) is 10.2 Å². The molecular formula is C23H34N2O2. The molecule has 2 N–H and O–H groups in total. The lowest BCUT2D eigenvalue weighted by atomic mass is 9.82. The summed E-state index contributed by atoms with van der Waals surface area (Å²) in [4.78, 5) is 13.9. The van der Waals surface area contributed by atoms with Crippen molar-refractivity contribution in [1.29, 1.82) is 0 Å². The molecule has 1 aromatic carbocycles. The number of benzene rings is 1. The van der Waals surface area contributed by atoms with Crippen LogP contribution in [0.15, 0.2) is 18.2 Å². The maximum atomic E-state index is 11.5. The van der Waals surface area contributed by atoms with Gasteiger partial charge in [0.15, 0.2) is 0 Å². The standard InChI is InChI=1S/C23H34N2O2/c26-22(19-8-9-21-20(14-19)15-23(27)24-21)16-25-12-10-18(11-13-25)7-6-17-4-2-1-3-5-17/h8-9,14,17-18,22,26H,1-7,10-13,15-16H2,(H,24,27). The normalized spacial score (nSPS) is 23.2. The lowest BCUT2D eigenvalue weighted by Crippen LogP contribution is -2.36. The van der Waals surface area contributed by atoms with E-state index in [1.54, 1.807) is 0 Å². The van der Waals surface area contributed by atoms with Crippen molar-refractivity contribution in [3.05, 3.63) is 29.3 Å². The Morgan fingerprint density at radius 3 is 2.48 bits per heavy atom. The highest BCUT2D eigenvalue weighted by atomic mass is 16.3. The molecule has 4 rings (SSSR count). The molecule has 3 aliphatic rings. The Morgan fingerprint density at radius 2 is 1.74 bits per heavy atom. The van der Waals surface area contributed by atoms with Crippen LogP contribution in [-0.4, -0.2) is 35.5 Å². The molecule has 4 nitrogen and oxygen atoms in total. The number of rotatable bonds is 6. The number of fused-ring (bicyclic) bond motifs is 1. The van der Waals surface area contributed by atoms with Gasteiger partial charge in [0.1, 0.15) is 0 Å². The van der Waals surface area contributed by atoms with E-state index in [9.17, 15) is 9.90 Å². The molecule has 0 spiro atoms. The Hall–Kier alpha value is -1.39. The quantitative estimate of drug-likeness (QED) is 0.785. The second kappa shape index (κ2) is 8.74. The smallest absolute Gasteiger partial charge is 0.228 e. The van der Waals surface area contributed by atoms with Crippen LogP contribution in [0.3, 0.4) is 0 Å². The molecule has 148 valence electrons. The zero-order valence-electron chi connectivity index (χ0n) is 16.5. The van der Waals surface area contributed by atoms with Crippen molar-refractivity contribution in [2.75, 3.05) is 25.0 Å². The van der Waals surface area contributed by atoms with E-state index in [0.717, 1.165) is 41.7 Å². The molecule has 2 heterocycles. The molecule has 27 heavy (non-hydrogen) atoms. The Morgan fingerprint density at radius 1 is 1.04 bits per heavy atom. The molecule has 1 amide bonds. The summed E-state index contributed by atoms with van der Waals surface area (Å²) in [5.74, 6) is 1.93. The molecule has 1 aromatic rings. The molecule has 1 atom stereocenters.